The largest absolute Gasteiger partial charge is 0.338 e. The van der Waals surface area contributed by atoms with Crippen LogP contribution in [0.4, 0.5) is 0 Å². The number of nitrogens with zero attached hydrogens (tertiary/aromatic N) is 5. The molecule has 2 aromatic rings. The molecule has 0 saturated carbocycles. The minimum atomic E-state index is 0. The fraction of sp³-hybridized carbons (Fsp3) is 0.429. The summed E-state index contributed by atoms with van der Waals surface area (Å²) in [5.41, 5.74) is 7.33. The van der Waals surface area contributed by atoms with E-state index in [4.69, 9.17) is 5.73 Å². The first-order valence-electron chi connectivity index (χ1n) is 6.94. The number of likely N-dealkylation sites (tertiary alicyclic amines) is 1. The molecule has 3 rings (SSSR count). The Kier molecular flexibility index (Phi) is 4.77. The quantitative estimate of drug-likeness (QED) is 0.906. The van der Waals surface area contributed by atoms with Crippen LogP contribution in [0.1, 0.15) is 23.7 Å². The Morgan fingerprint density at radius 2 is 2.09 bits per heavy atom. The van der Waals surface area contributed by atoms with Gasteiger partial charge >= 0.3 is 0 Å². The Hall–Kier alpha value is -1.99. The van der Waals surface area contributed by atoms with Gasteiger partial charge in [0.15, 0.2) is 0 Å². The van der Waals surface area contributed by atoms with Gasteiger partial charge in [0, 0.05) is 18.7 Å². The molecular weight excluding hydrogens is 304 g/mol. The van der Waals surface area contributed by atoms with E-state index in [0.29, 0.717) is 12.1 Å². The Labute approximate surface area is 134 Å². The molecule has 0 radical (unpaired) electrons. The molecule has 2 heterocycles. The Morgan fingerprint density at radius 1 is 1.36 bits per heavy atom. The average Bonchev–Trinajstić information content (AvgIpc) is 3.17. The molecule has 1 aliphatic rings. The van der Waals surface area contributed by atoms with Crippen molar-refractivity contribution in [1.82, 2.24) is 25.1 Å². The number of halogens is 1. The molecule has 1 aromatic carbocycles. The van der Waals surface area contributed by atoms with Crippen molar-refractivity contribution < 1.29 is 4.79 Å². The van der Waals surface area contributed by atoms with Gasteiger partial charge in [-0.1, -0.05) is 6.92 Å². The molecule has 0 aliphatic carbocycles. The minimum Gasteiger partial charge on any atom is -0.338 e. The lowest BCUT2D eigenvalue weighted by Crippen LogP contribution is -2.34. The number of hydrogen-bond donors (Lipinski definition) is 1. The predicted octanol–water partition coefficient (Wildman–Crippen LogP) is 0.895. The highest BCUT2D eigenvalue weighted by molar-refractivity contribution is 5.94. The van der Waals surface area contributed by atoms with Gasteiger partial charge in [-0.3, -0.25) is 4.79 Å². The van der Waals surface area contributed by atoms with E-state index in [2.05, 4.69) is 22.4 Å². The van der Waals surface area contributed by atoms with Gasteiger partial charge in [0.05, 0.1) is 5.69 Å². The van der Waals surface area contributed by atoms with Crippen LogP contribution in [0, 0.1) is 5.41 Å². The number of nitrogens with two attached hydrogens (primary N) is 1. The van der Waals surface area contributed by atoms with Crippen molar-refractivity contribution >= 4 is 18.3 Å². The zero-order valence-electron chi connectivity index (χ0n) is 12.3. The van der Waals surface area contributed by atoms with E-state index in [-0.39, 0.29) is 23.7 Å². The topological polar surface area (TPSA) is 89.9 Å². The lowest BCUT2D eigenvalue weighted by molar-refractivity contribution is 0.0777. The fourth-order valence-corrected chi connectivity index (χ4v) is 2.58. The molecule has 1 aliphatic heterocycles. The Morgan fingerprint density at radius 3 is 2.64 bits per heavy atom. The molecule has 1 saturated heterocycles. The van der Waals surface area contributed by atoms with E-state index >= 15 is 0 Å². The summed E-state index contributed by atoms with van der Waals surface area (Å²) in [6.45, 7) is 4.22. The van der Waals surface area contributed by atoms with Gasteiger partial charge in [-0.15, -0.1) is 17.5 Å². The third-order valence-electron chi connectivity index (χ3n) is 4.07. The zero-order chi connectivity index (χ0) is 14.9. The molecule has 1 unspecified atom stereocenters. The van der Waals surface area contributed by atoms with Crippen LogP contribution < -0.4 is 5.73 Å². The maximum atomic E-state index is 12.5. The maximum Gasteiger partial charge on any atom is 0.253 e. The molecule has 22 heavy (non-hydrogen) atoms. The first kappa shape index (κ1) is 16.4. The third-order valence-corrected chi connectivity index (χ3v) is 4.07. The summed E-state index contributed by atoms with van der Waals surface area (Å²) in [5, 5.41) is 11.0. The summed E-state index contributed by atoms with van der Waals surface area (Å²) in [4.78, 5) is 14.4. The standard InChI is InChI=1S/C14H18N6O.ClH/c1-14(8-15)6-7-19(9-14)13(21)11-2-4-12(5-3-11)20-10-16-17-18-20;/h2-5,10H,6-9,15H2,1H3;1H. The number of carbonyl (C=O) groups is 1. The van der Waals surface area contributed by atoms with Crippen LogP contribution in [0.3, 0.4) is 0 Å². The van der Waals surface area contributed by atoms with Crippen LogP contribution in [0.15, 0.2) is 30.6 Å². The number of rotatable bonds is 3. The third kappa shape index (κ3) is 3.10. The monoisotopic (exact) mass is 322 g/mol. The predicted molar refractivity (Wildman–Crippen MR) is 84.1 cm³/mol. The van der Waals surface area contributed by atoms with E-state index in [1.165, 1.54) is 6.33 Å². The van der Waals surface area contributed by atoms with Gasteiger partial charge < -0.3 is 10.6 Å². The van der Waals surface area contributed by atoms with E-state index in [9.17, 15) is 4.79 Å². The Balaban J connectivity index is 0.00000176. The lowest BCUT2D eigenvalue weighted by Gasteiger charge is -2.22. The highest BCUT2D eigenvalue weighted by Crippen LogP contribution is 2.29. The van der Waals surface area contributed by atoms with Crippen molar-refractivity contribution in [3.63, 3.8) is 0 Å². The fourth-order valence-electron chi connectivity index (χ4n) is 2.58. The van der Waals surface area contributed by atoms with Crippen LogP contribution in [0.5, 0.6) is 0 Å². The highest BCUT2D eigenvalue weighted by atomic mass is 35.5. The SMILES string of the molecule is CC1(CN)CCN(C(=O)c2ccc(-n3cnnn3)cc2)C1.Cl. The van der Waals surface area contributed by atoms with E-state index < -0.39 is 0 Å². The van der Waals surface area contributed by atoms with Crippen LogP contribution in [0.25, 0.3) is 5.69 Å². The first-order valence-corrected chi connectivity index (χ1v) is 6.94. The lowest BCUT2D eigenvalue weighted by atomic mass is 9.90. The molecule has 7 nitrogen and oxygen atoms in total. The van der Waals surface area contributed by atoms with Gasteiger partial charge in [0.2, 0.25) is 0 Å². The van der Waals surface area contributed by atoms with Gasteiger partial charge in [-0.25, -0.2) is 4.68 Å². The number of carbonyl (C=O) groups excluding carboxylic acids is 1. The summed E-state index contributed by atoms with van der Waals surface area (Å²) < 4.78 is 1.55. The van der Waals surface area contributed by atoms with E-state index in [0.717, 1.165) is 25.2 Å². The second-order valence-corrected chi connectivity index (χ2v) is 5.79. The first-order chi connectivity index (χ1) is 10.1. The zero-order valence-corrected chi connectivity index (χ0v) is 13.2. The van der Waals surface area contributed by atoms with Gasteiger partial charge in [0.25, 0.3) is 5.91 Å². The van der Waals surface area contributed by atoms with Crippen LogP contribution in [-0.2, 0) is 0 Å². The summed E-state index contributed by atoms with van der Waals surface area (Å²) in [6.07, 6.45) is 2.47. The molecule has 0 bridgehead atoms. The maximum absolute atomic E-state index is 12.5. The molecule has 2 N–H and O–H groups in total. The Bertz CT molecular complexity index is 629. The van der Waals surface area contributed by atoms with Gasteiger partial charge in [-0.2, -0.15) is 0 Å². The smallest absolute Gasteiger partial charge is 0.253 e. The molecule has 1 atom stereocenters. The molecule has 1 fully saturated rings. The van der Waals surface area contributed by atoms with Crippen molar-refractivity contribution in [2.45, 2.75) is 13.3 Å². The summed E-state index contributed by atoms with van der Waals surface area (Å²) >= 11 is 0. The van der Waals surface area contributed by atoms with Crippen LogP contribution in [-0.4, -0.2) is 50.6 Å². The van der Waals surface area contributed by atoms with Crippen LogP contribution >= 0.6 is 12.4 Å². The number of aromatic nitrogens is 4. The molecule has 1 aromatic heterocycles. The van der Waals surface area contributed by atoms with E-state index in [1.54, 1.807) is 16.8 Å². The van der Waals surface area contributed by atoms with Crippen molar-refractivity contribution in [2.75, 3.05) is 19.6 Å². The van der Waals surface area contributed by atoms with Gasteiger partial charge in [0.1, 0.15) is 6.33 Å². The summed E-state index contributed by atoms with van der Waals surface area (Å²) in [6, 6.07) is 7.28. The molecule has 118 valence electrons. The second-order valence-electron chi connectivity index (χ2n) is 5.79. The van der Waals surface area contributed by atoms with Crippen molar-refractivity contribution in [1.29, 1.82) is 0 Å². The van der Waals surface area contributed by atoms with Crippen molar-refractivity contribution in [3.05, 3.63) is 36.2 Å². The summed E-state index contributed by atoms with van der Waals surface area (Å²) in [7, 11) is 0. The normalized spacial score (nSPS) is 20.7. The average molecular weight is 323 g/mol. The molecule has 1 amide bonds. The number of hydrogen-bond acceptors (Lipinski definition) is 5. The molecule has 0 spiro atoms. The van der Waals surface area contributed by atoms with Crippen LogP contribution in [0.2, 0.25) is 0 Å². The van der Waals surface area contributed by atoms with Crippen molar-refractivity contribution in [3.8, 4) is 5.69 Å². The summed E-state index contributed by atoms with van der Waals surface area (Å²) in [5.74, 6) is 0.0513. The number of benzene rings is 1. The molecular formula is C14H19ClN6O. The van der Waals surface area contributed by atoms with Crippen molar-refractivity contribution in [2.24, 2.45) is 11.1 Å². The number of tetrazole rings is 1. The molecule has 8 heteroatoms. The minimum absolute atomic E-state index is 0. The second kappa shape index (κ2) is 6.41. The highest BCUT2D eigenvalue weighted by Gasteiger charge is 2.35. The van der Waals surface area contributed by atoms with E-state index in [1.807, 2.05) is 17.0 Å². The number of amides is 1. The van der Waals surface area contributed by atoms with Gasteiger partial charge in [-0.05, 0) is 53.1 Å².